The number of aliphatic hydroxyl groups is 1. The zero-order valence-corrected chi connectivity index (χ0v) is 21.3. The van der Waals surface area contributed by atoms with Crippen molar-refractivity contribution in [2.75, 3.05) is 6.79 Å². The van der Waals surface area contributed by atoms with Gasteiger partial charge in [0.1, 0.15) is 6.61 Å². The fourth-order valence-electron chi connectivity index (χ4n) is 5.80. The van der Waals surface area contributed by atoms with Crippen molar-refractivity contribution in [2.45, 2.75) is 51.9 Å². The van der Waals surface area contributed by atoms with Gasteiger partial charge in [0, 0.05) is 28.1 Å². The number of carbonyl (C=O) groups excluding carboxylic acids is 1. The van der Waals surface area contributed by atoms with Gasteiger partial charge in [0.2, 0.25) is 6.79 Å². The topological polar surface area (TPSA) is 99.9 Å². The summed E-state index contributed by atoms with van der Waals surface area (Å²) in [7, 11) is 0. The maximum atomic E-state index is 13.5. The Bertz CT molecular complexity index is 1740. The number of ether oxygens (including phenoxy) is 3. The van der Waals surface area contributed by atoms with Gasteiger partial charge in [-0.25, -0.2) is 9.78 Å². The van der Waals surface area contributed by atoms with Crippen LogP contribution in [0.15, 0.2) is 47.3 Å². The Morgan fingerprint density at radius 3 is 2.61 bits per heavy atom. The van der Waals surface area contributed by atoms with Gasteiger partial charge in [0.05, 0.1) is 29.0 Å². The molecule has 7 rings (SSSR count). The molecule has 0 aliphatic carbocycles. The molecule has 3 aliphatic rings. The summed E-state index contributed by atoms with van der Waals surface area (Å²) >= 11 is 0. The molecule has 8 heteroatoms. The predicted octanol–water partition coefficient (Wildman–Crippen LogP) is 4.60. The van der Waals surface area contributed by atoms with E-state index in [2.05, 4.69) is 44.2 Å². The van der Waals surface area contributed by atoms with Crippen molar-refractivity contribution < 1.29 is 24.1 Å². The molecule has 1 atom stereocenters. The Kier molecular flexibility index (Phi) is 4.79. The Balaban J connectivity index is 1.45. The molecular formula is C30H26N2O6. The summed E-state index contributed by atoms with van der Waals surface area (Å²) in [4.78, 5) is 31.0. The van der Waals surface area contributed by atoms with Gasteiger partial charge in [-0.2, -0.15) is 0 Å². The first-order valence-corrected chi connectivity index (χ1v) is 12.8. The molecule has 5 heterocycles. The van der Waals surface area contributed by atoms with Crippen LogP contribution in [0.3, 0.4) is 0 Å². The SMILES string of the molecule is CC[C@@]1(O)C(=O)OCc2c1cc1n(c2=O)Cc2cc3c(-c4ccc(C(C)C)cc4)c4c(cc3nc2-1)OCO4. The first-order chi connectivity index (χ1) is 18.3. The van der Waals surface area contributed by atoms with Crippen LogP contribution in [0.2, 0.25) is 0 Å². The first kappa shape index (κ1) is 23.0. The lowest BCUT2D eigenvalue weighted by Crippen LogP contribution is -2.44. The van der Waals surface area contributed by atoms with Crippen molar-refractivity contribution in [1.29, 1.82) is 0 Å². The van der Waals surface area contributed by atoms with Crippen molar-refractivity contribution in [3.8, 4) is 34.0 Å². The van der Waals surface area contributed by atoms with Crippen LogP contribution in [0.25, 0.3) is 33.4 Å². The van der Waals surface area contributed by atoms with E-state index in [0.717, 1.165) is 22.1 Å². The molecule has 2 aromatic carbocycles. The lowest BCUT2D eigenvalue weighted by atomic mass is 9.86. The van der Waals surface area contributed by atoms with E-state index in [9.17, 15) is 14.7 Å². The number of hydrogen-bond acceptors (Lipinski definition) is 7. The van der Waals surface area contributed by atoms with Gasteiger partial charge in [0.15, 0.2) is 17.1 Å². The van der Waals surface area contributed by atoms with Crippen LogP contribution in [0.5, 0.6) is 11.5 Å². The van der Waals surface area contributed by atoms with Crippen LogP contribution in [0, 0.1) is 0 Å². The van der Waals surface area contributed by atoms with E-state index in [1.165, 1.54) is 5.56 Å². The van der Waals surface area contributed by atoms with Crippen LogP contribution in [-0.4, -0.2) is 27.4 Å². The molecule has 0 saturated heterocycles. The normalized spacial score (nSPS) is 18.9. The Hall–Kier alpha value is -4.17. The molecule has 0 unspecified atom stereocenters. The van der Waals surface area contributed by atoms with Gasteiger partial charge in [-0.15, -0.1) is 0 Å². The molecule has 0 fully saturated rings. The van der Waals surface area contributed by atoms with Gasteiger partial charge in [0.25, 0.3) is 5.56 Å². The molecule has 8 nitrogen and oxygen atoms in total. The second-order valence-corrected chi connectivity index (χ2v) is 10.4. The Labute approximate surface area is 218 Å². The van der Waals surface area contributed by atoms with Crippen LogP contribution >= 0.6 is 0 Å². The third-order valence-electron chi connectivity index (χ3n) is 8.02. The third kappa shape index (κ3) is 3.04. The van der Waals surface area contributed by atoms with E-state index in [4.69, 9.17) is 19.2 Å². The molecular weight excluding hydrogens is 484 g/mol. The molecule has 38 heavy (non-hydrogen) atoms. The molecule has 0 radical (unpaired) electrons. The zero-order chi connectivity index (χ0) is 26.3. The van der Waals surface area contributed by atoms with E-state index in [0.29, 0.717) is 52.0 Å². The summed E-state index contributed by atoms with van der Waals surface area (Å²) in [5, 5.41) is 12.0. The highest BCUT2D eigenvalue weighted by atomic mass is 16.7. The number of pyridine rings is 2. The minimum absolute atomic E-state index is 0.0994. The van der Waals surface area contributed by atoms with Crippen molar-refractivity contribution >= 4 is 16.9 Å². The maximum absolute atomic E-state index is 13.5. The number of nitrogens with zero attached hydrogens (tertiary/aromatic N) is 2. The molecule has 192 valence electrons. The van der Waals surface area contributed by atoms with Gasteiger partial charge >= 0.3 is 5.97 Å². The summed E-state index contributed by atoms with van der Waals surface area (Å²) in [6.07, 6.45) is 0.0994. The fraction of sp³-hybridized carbons (Fsp3) is 0.300. The first-order valence-electron chi connectivity index (χ1n) is 12.8. The van der Waals surface area contributed by atoms with Gasteiger partial charge in [-0.3, -0.25) is 4.79 Å². The smallest absolute Gasteiger partial charge is 0.343 e. The van der Waals surface area contributed by atoms with E-state index < -0.39 is 11.6 Å². The highest BCUT2D eigenvalue weighted by molar-refractivity contribution is 6.01. The number of rotatable bonds is 3. The average molecular weight is 511 g/mol. The van der Waals surface area contributed by atoms with Crippen LogP contribution < -0.4 is 15.0 Å². The minimum atomic E-state index is -1.86. The molecule has 0 bridgehead atoms. The zero-order valence-electron chi connectivity index (χ0n) is 21.3. The maximum Gasteiger partial charge on any atom is 0.343 e. The molecule has 0 spiro atoms. The number of aromatic nitrogens is 2. The standard InChI is InChI=1S/C30H26N2O6/c1-4-30(35)21-10-23-26-18(12-32(23)28(33)20(21)13-36-29(30)34)9-19-22(31-26)11-24-27(38-14-37-24)25(19)17-7-5-16(6-8-17)15(2)3/h5-11,15,35H,4,12-14H2,1-3H3/t30-/m0/s1. The van der Waals surface area contributed by atoms with Crippen LogP contribution in [0.4, 0.5) is 0 Å². The van der Waals surface area contributed by atoms with Gasteiger partial charge in [-0.1, -0.05) is 45.0 Å². The van der Waals surface area contributed by atoms with E-state index in [-0.39, 0.29) is 25.4 Å². The molecule has 1 N–H and O–H groups in total. The number of hydrogen-bond donors (Lipinski definition) is 1. The molecule has 2 aromatic heterocycles. The number of carbonyl (C=O) groups is 1. The highest BCUT2D eigenvalue weighted by Gasteiger charge is 2.45. The second-order valence-electron chi connectivity index (χ2n) is 10.4. The average Bonchev–Trinajstić information content (AvgIpc) is 3.53. The summed E-state index contributed by atoms with van der Waals surface area (Å²) in [6, 6.07) is 14.1. The van der Waals surface area contributed by atoms with Crippen molar-refractivity contribution in [3.63, 3.8) is 0 Å². The third-order valence-corrected chi connectivity index (χ3v) is 8.02. The number of fused-ring (bicyclic) bond motifs is 6. The van der Waals surface area contributed by atoms with E-state index in [1.54, 1.807) is 17.6 Å². The summed E-state index contributed by atoms with van der Waals surface area (Å²) < 4.78 is 18.5. The fourth-order valence-corrected chi connectivity index (χ4v) is 5.80. The minimum Gasteiger partial charge on any atom is -0.458 e. The summed E-state index contributed by atoms with van der Waals surface area (Å²) in [6.45, 7) is 6.33. The second kappa shape index (κ2) is 7.91. The number of benzene rings is 2. The van der Waals surface area contributed by atoms with Crippen molar-refractivity contribution in [3.05, 3.63) is 75.1 Å². The quantitative estimate of drug-likeness (QED) is 0.354. The van der Waals surface area contributed by atoms with Gasteiger partial charge < -0.3 is 23.9 Å². The van der Waals surface area contributed by atoms with Crippen LogP contribution in [0.1, 0.15) is 55.4 Å². The van der Waals surface area contributed by atoms with Crippen molar-refractivity contribution in [1.82, 2.24) is 9.55 Å². The number of cyclic esters (lactones) is 1. The van der Waals surface area contributed by atoms with Gasteiger partial charge in [-0.05, 0) is 35.6 Å². The van der Waals surface area contributed by atoms with Crippen molar-refractivity contribution in [2.24, 2.45) is 0 Å². The summed E-state index contributed by atoms with van der Waals surface area (Å²) in [5.74, 6) is 0.989. The lowest BCUT2D eigenvalue weighted by molar-refractivity contribution is -0.172. The monoisotopic (exact) mass is 510 g/mol. The number of esters is 1. The molecule has 0 saturated carbocycles. The summed E-state index contributed by atoms with van der Waals surface area (Å²) in [5.41, 5.74) is 4.43. The Morgan fingerprint density at radius 2 is 1.87 bits per heavy atom. The molecule has 4 aromatic rings. The Morgan fingerprint density at radius 1 is 1.08 bits per heavy atom. The lowest BCUT2D eigenvalue weighted by Gasteiger charge is -2.31. The predicted molar refractivity (Wildman–Crippen MR) is 140 cm³/mol. The van der Waals surface area contributed by atoms with E-state index in [1.807, 2.05) is 6.07 Å². The molecule has 0 amide bonds. The highest BCUT2D eigenvalue weighted by Crippen LogP contribution is 2.48. The largest absolute Gasteiger partial charge is 0.458 e. The van der Waals surface area contributed by atoms with Crippen LogP contribution in [-0.2, 0) is 28.3 Å². The van der Waals surface area contributed by atoms with E-state index >= 15 is 0 Å². The molecule has 3 aliphatic heterocycles.